The molecule has 0 bridgehead atoms. The third-order valence-electron chi connectivity index (χ3n) is 4.78. The van der Waals surface area contributed by atoms with Gasteiger partial charge in [-0.15, -0.1) is 0 Å². The van der Waals surface area contributed by atoms with Crippen LogP contribution in [0.25, 0.3) is 10.8 Å². The zero-order chi connectivity index (χ0) is 19.3. The molecule has 3 heterocycles. The summed E-state index contributed by atoms with van der Waals surface area (Å²) in [6, 6.07) is 10.4. The zero-order valence-electron chi connectivity index (χ0n) is 15.3. The Kier molecular flexibility index (Phi) is 5.34. The van der Waals surface area contributed by atoms with Gasteiger partial charge < -0.3 is 19.9 Å². The van der Waals surface area contributed by atoms with Gasteiger partial charge >= 0.3 is 0 Å². The lowest BCUT2D eigenvalue weighted by Crippen LogP contribution is -2.21. The Morgan fingerprint density at radius 1 is 1.18 bits per heavy atom. The van der Waals surface area contributed by atoms with Gasteiger partial charge in [0.05, 0.1) is 12.8 Å². The van der Waals surface area contributed by atoms with E-state index in [1.165, 1.54) is 6.20 Å². The molecule has 1 aromatic carbocycles. The molecule has 1 fully saturated rings. The first-order valence-corrected chi connectivity index (χ1v) is 9.25. The first-order valence-electron chi connectivity index (χ1n) is 9.25. The Bertz CT molecular complexity index is 972. The number of nitrogens with one attached hydrogen (secondary N) is 1. The Morgan fingerprint density at radius 2 is 2.04 bits per heavy atom. The van der Waals surface area contributed by atoms with E-state index in [0.29, 0.717) is 40.6 Å². The average Bonchev–Trinajstić information content (AvgIpc) is 2.75. The number of rotatable bonds is 5. The topological polar surface area (TPSA) is 93.6 Å². The highest BCUT2D eigenvalue weighted by molar-refractivity contribution is 6.04. The smallest absolute Gasteiger partial charge is 0.274 e. The molecule has 3 aromatic rings. The van der Waals surface area contributed by atoms with Crippen molar-refractivity contribution in [3.63, 3.8) is 0 Å². The molecule has 0 atom stereocenters. The van der Waals surface area contributed by atoms with Crippen LogP contribution in [-0.2, 0) is 4.74 Å². The number of carbonyl (C=O) groups excluding carboxylic acids is 1. The van der Waals surface area contributed by atoms with Crippen LogP contribution in [-0.4, -0.2) is 40.8 Å². The van der Waals surface area contributed by atoms with E-state index in [4.69, 9.17) is 9.47 Å². The molecule has 28 heavy (non-hydrogen) atoms. The van der Waals surface area contributed by atoms with E-state index in [0.717, 1.165) is 26.1 Å². The van der Waals surface area contributed by atoms with Crippen LogP contribution in [0.15, 0.2) is 48.8 Å². The van der Waals surface area contributed by atoms with Gasteiger partial charge in [0.2, 0.25) is 5.88 Å². The van der Waals surface area contributed by atoms with Crippen molar-refractivity contribution in [3.05, 3.63) is 54.5 Å². The lowest BCUT2D eigenvalue weighted by molar-refractivity contribution is 0.0493. The first kappa shape index (κ1) is 18.2. The van der Waals surface area contributed by atoms with Gasteiger partial charge in [-0.2, -0.15) is 0 Å². The van der Waals surface area contributed by atoms with Crippen molar-refractivity contribution in [1.29, 1.82) is 0 Å². The fourth-order valence-corrected chi connectivity index (χ4v) is 3.20. The van der Waals surface area contributed by atoms with Crippen molar-refractivity contribution in [2.24, 2.45) is 5.92 Å². The van der Waals surface area contributed by atoms with Crippen molar-refractivity contribution >= 4 is 22.4 Å². The van der Waals surface area contributed by atoms with Crippen LogP contribution in [0.4, 0.5) is 5.69 Å². The largest absolute Gasteiger partial charge is 0.506 e. The van der Waals surface area contributed by atoms with E-state index in [2.05, 4.69) is 15.3 Å². The number of hydrogen-bond donors (Lipinski definition) is 2. The highest BCUT2D eigenvalue weighted by atomic mass is 16.5. The number of aromatic nitrogens is 2. The number of carbonyl (C=O) groups is 1. The molecule has 0 spiro atoms. The monoisotopic (exact) mass is 379 g/mol. The highest BCUT2D eigenvalue weighted by Gasteiger charge is 2.16. The molecule has 0 radical (unpaired) electrons. The number of fused-ring (bicyclic) bond motifs is 1. The minimum atomic E-state index is -0.315. The van der Waals surface area contributed by atoms with Gasteiger partial charge in [-0.25, -0.2) is 4.98 Å². The maximum Gasteiger partial charge on any atom is 0.274 e. The molecule has 7 nitrogen and oxygen atoms in total. The number of aromatic hydroxyl groups is 1. The molecule has 7 heteroatoms. The van der Waals surface area contributed by atoms with Gasteiger partial charge in [0, 0.05) is 35.9 Å². The summed E-state index contributed by atoms with van der Waals surface area (Å²) in [5, 5.41) is 14.3. The molecule has 144 valence electrons. The number of hydrogen-bond acceptors (Lipinski definition) is 6. The molecule has 1 aliphatic rings. The van der Waals surface area contributed by atoms with Crippen LogP contribution >= 0.6 is 0 Å². The van der Waals surface area contributed by atoms with Gasteiger partial charge in [-0.05, 0) is 49.1 Å². The van der Waals surface area contributed by atoms with Gasteiger partial charge in [0.1, 0.15) is 11.4 Å². The number of benzene rings is 1. The number of ether oxygens (including phenoxy) is 2. The summed E-state index contributed by atoms with van der Waals surface area (Å²) in [6.07, 6.45) is 4.88. The van der Waals surface area contributed by atoms with Crippen LogP contribution < -0.4 is 10.1 Å². The molecule has 0 unspecified atom stereocenters. The quantitative estimate of drug-likeness (QED) is 0.706. The second-order valence-corrected chi connectivity index (χ2v) is 6.74. The molecular weight excluding hydrogens is 358 g/mol. The number of anilines is 1. The van der Waals surface area contributed by atoms with Crippen LogP contribution in [0.5, 0.6) is 11.6 Å². The third kappa shape index (κ3) is 4.04. The Balaban J connectivity index is 1.53. The summed E-state index contributed by atoms with van der Waals surface area (Å²) in [7, 11) is 0. The van der Waals surface area contributed by atoms with Gasteiger partial charge in [-0.3, -0.25) is 9.78 Å². The van der Waals surface area contributed by atoms with Crippen molar-refractivity contribution in [2.75, 3.05) is 25.1 Å². The number of nitrogens with zero attached hydrogens (tertiary/aromatic N) is 2. The van der Waals surface area contributed by atoms with Crippen molar-refractivity contribution in [1.82, 2.24) is 9.97 Å². The SMILES string of the molecule is O=C(Nc1ccc2c(OCC3CCOCC3)ncc(O)c2c1)c1ccccn1. The number of amides is 1. The van der Waals surface area contributed by atoms with Crippen LogP contribution in [0, 0.1) is 5.92 Å². The highest BCUT2D eigenvalue weighted by Crippen LogP contribution is 2.33. The molecule has 0 saturated carbocycles. The molecule has 1 saturated heterocycles. The Morgan fingerprint density at radius 3 is 2.82 bits per heavy atom. The summed E-state index contributed by atoms with van der Waals surface area (Å²) in [4.78, 5) is 20.6. The first-order chi connectivity index (χ1) is 13.7. The predicted molar refractivity (Wildman–Crippen MR) is 105 cm³/mol. The molecule has 4 rings (SSSR count). The van der Waals surface area contributed by atoms with E-state index in [-0.39, 0.29) is 11.7 Å². The molecule has 2 aromatic heterocycles. The molecule has 2 N–H and O–H groups in total. The van der Waals surface area contributed by atoms with E-state index >= 15 is 0 Å². The summed E-state index contributed by atoms with van der Waals surface area (Å²) in [6.45, 7) is 2.09. The second-order valence-electron chi connectivity index (χ2n) is 6.74. The Labute approximate surface area is 162 Å². The lowest BCUT2D eigenvalue weighted by atomic mass is 10.0. The predicted octanol–water partition coefficient (Wildman–Crippen LogP) is 3.39. The lowest BCUT2D eigenvalue weighted by Gasteiger charge is -2.22. The number of pyridine rings is 2. The van der Waals surface area contributed by atoms with Crippen LogP contribution in [0.3, 0.4) is 0 Å². The fourth-order valence-electron chi connectivity index (χ4n) is 3.20. The summed E-state index contributed by atoms with van der Waals surface area (Å²) >= 11 is 0. The minimum Gasteiger partial charge on any atom is -0.506 e. The molecule has 1 amide bonds. The maximum atomic E-state index is 12.3. The van der Waals surface area contributed by atoms with Gasteiger partial charge in [-0.1, -0.05) is 6.07 Å². The van der Waals surface area contributed by atoms with Gasteiger partial charge in [0.15, 0.2) is 0 Å². The average molecular weight is 379 g/mol. The normalized spacial score (nSPS) is 14.7. The molecule has 0 aliphatic carbocycles. The van der Waals surface area contributed by atoms with E-state index < -0.39 is 0 Å². The molecule has 1 aliphatic heterocycles. The van der Waals surface area contributed by atoms with Crippen molar-refractivity contribution in [2.45, 2.75) is 12.8 Å². The fraction of sp³-hybridized carbons (Fsp3) is 0.286. The summed E-state index contributed by atoms with van der Waals surface area (Å²) in [5.74, 6) is 0.630. The second kappa shape index (κ2) is 8.22. The van der Waals surface area contributed by atoms with Crippen molar-refractivity contribution in [3.8, 4) is 11.6 Å². The van der Waals surface area contributed by atoms with E-state index in [9.17, 15) is 9.90 Å². The van der Waals surface area contributed by atoms with Crippen LogP contribution in [0.2, 0.25) is 0 Å². The van der Waals surface area contributed by atoms with Crippen LogP contribution in [0.1, 0.15) is 23.3 Å². The van der Waals surface area contributed by atoms with E-state index in [1.54, 1.807) is 42.6 Å². The Hall–Kier alpha value is -3.19. The minimum absolute atomic E-state index is 0.0300. The summed E-state index contributed by atoms with van der Waals surface area (Å²) in [5.41, 5.74) is 0.877. The molecular formula is C21H21N3O4. The van der Waals surface area contributed by atoms with E-state index in [1.807, 2.05) is 0 Å². The van der Waals surface area contributed by atoms with Gasteiger partial charge in [0.25, 0.3) is 5.91 Å². The standard InChI is InChI=1S/C21H21N3O4/c25-19-12-23-21(28-13-14-6-9-27-10-7-14)16-5-4-15(11-17(16)19)24-20(26)18-3-1-2-8-22-18/h1-5,8,11-12,14,25H,6-7,9-10,13H2,(H,24,26). The third-order valence-corrected chi connectivity index (χ3v) is 4.78. The maximum absolute atomic E-state index is 12.3. The summed E-state index contributed by atoms with van der Waals surface area (Å²) < 4.78 is 11.3. The van der Waals surface area contributed by atoms with Crippen molar-refractivity contribution < 1.29 is 19.4 Å². The zero-order valence-corrected chi connectivity index (χ0v) is 15.3.